The monoisotopic (exact) mass is 353 g/mol. The number of hydrogen-bond acceptors (Lipinski definition) is 5. The Bertz CT molecular complexity index is 831. The van der Waals surface area contributed by atoms with Gasteiger partial charge in [0.05, 0.1) is 0 Å². The summed E-state index contributed by atoms with van der Waals surface area (Å²) in [6, 6.07) is 17.3. The number of ether oxygens (including phenoxy) is 1. The third-order valence-electron chi connectivity index (χ3n) is 3.64. The lowest BCUT2D eigenvalue weighted by molar-refractivity contribution is -0.122. The first-order valence-corrected chi connectivity index (χ1v) is 8.90. The molecule has 25 heavy (non-hydrogen) atoms. The van der Waals surface area contributed by atoms with Gasteiger partial charge in [-0.2, -0.15) is 0 Å². The second kappa shape index (κ2) is 7.90. The second-order valence-electron chi connectivity index (χ2n) is 5.60. The maximum atomic E-state index is 12.4. The van der Waals surface area contributed by atoms with Crippen LogP contribution in [0.25, 0.3) is 10.6 Å². The van der Waals surface area contributed by atoms with E-state index in [4.69, 9.17) is 4.74 Å². The molecule has 0 spiro atoms. The summed E-state index contributed by atoms with van der Waals surface area (Å²) in [5.74, 6) is 0.445. The minimum Gasteiger partial charge on any atom is -0.481 e. The number of nitrogens with zero attached hydrogens (tertiary/aromatic N) is 2. The Kier molecular flexibility index (Phi) is 5.40. The zero-order chi connectivity index (χ0) is 17.6. The molecule has 0 aliphatic heterocycles. The molecule has 0 bridgehead atoms. The second-order valence-corrected chi connectivity index (χ2v) is 6.57. The summed E-state index contributed by atoms with van der Waals surface area (Å²) in [5.41, 5.74) is 2.17. The molecular formula is C19H19N3O2S. The highest BCUT2D eigenvalue weighted by Crippen LogP contribution is 2.26. The van der Waals surface area contributed by atoms with Crippen molar-refractivity contribution in [1.82, 2.24) is 10.2 Å². The average Bonchev–Trinajstić information content (AvgIpc) is 3.09. The molecule has 0 aliphatic carbocycles. The molecule has 1 heterocycles. The molecule has 0 aliphatic rings. The lowest BCUT2D eigenvalue weighted by Crippen LogP contribution is -2.32. The van der Waals surface area contributed by atoms with E-state index in [1.54, 1.807) is 0 Å². The first-order valence-electron chi connectivity index (χ1n) is 8.09. The van der Waals surface area contributed by atoms with Gasteiger partial charge in [-0.3, -0.25) is 10.1 Å². The molecule has 0 saturated heterocycles. The van der Waals surface area contributed by atoms with Crippen LogP contribution in [0.1, 0.15) is 18.9 Å². The standard InChI is InChI=1S/C19H19N3O2S/c1-3-16(24-15-7-5-4-6-8-15)17(23)20-19-22-21-18(25-19)14-11-9-13(2)10-12-14/h4-12,16H,3H2,1-2H3,(H,20,22,23)/t16-/m1/s1. The van der Waals surface area contributed by atoms with Gasteiger partial charge >= 0.3 is 0 Å². The van der Waals surface area contributed by atoms with Gasteiger partial charge in [0, 0.05) is 5.56 Å². The number of amides is 1. The van der Waals surface area contributed by atoms with Gasteiger partial charge in [0.1, 0.15) is 10.8 Å². The van der Waals surface area contributed by atoms with Crippen LogP contribution in [0.2, 0.25) is 0 Å². The fourth-order valence-corrected chi connectivity index (χ4v) is 3.01. The van der Waals surface area contributed by atoms with Gasteiger partial charge in [0.15, 0.2) is 6.10 Å². The van der Waals surface area contributed by atoms with E-state index in [9.17, 15) is 4.79 Å². The van der Waals surface area contributed by atoms with Crippen LogP contribution in [-0.4, -0.2) is 22.2 Å². The molecular weight excluding hydrogens is 334 g/mol. The number of para-hydroxylation sites is 1. The van der Waals surface area contributed by atoms with E-state index in [2.05, 4.69) is 15.5 Å². The van der Waals surface area contributed by atoms with Gasteiger partial charge in [-0.1, -0.05) is 66.3 Å². The highest BCUT2D eigenvalue weighted by molar-refractivity contribution is 7.18. The number of nitrogens with one attached hydrogen (secondary N) is 1. The smallest absolute Gasteiger partial charge is 0.267 e. The molecule has 1 amide bonds. The molecule has 2 aromatic carbocycles. The van der Waals surface area contributed by atoms with Gasteiger partial charge in [-0.15, -0.1) is 10.2 Å². The Morgan fingerprint density at radius 3 is 2.52 bits per heavy atom. The molecule has 5 nitrogen and oxygen atoms in total. The van der Waals surface area contributed by atoms with Crippen molar-refractivity contribution in [3.05, 3.63) is 60.2 Å². The number of aromatic nitrogens is 2. The van der Waals surface area contributed by atoms with Crippen molar-refractivity contribution >= 4 is 22.4 Å². The first kappa shape index (κ1) is 17.1. The van der Waals surface area contributed by atoms with Gasteiger partial charge in [-0.05, 0) is 25.5 Å². The molecule has 128 valence electrons. The lowest BCUT2D eigenvalue weighted by Gasteiger charge is -2.16. The highest BCUT2D eigenvalue weighted by Gasteiger charge is 2.20. The van der Waals surface area contributed by atoms with Crippen LogP contribution < -0.4 is 10.1 Å². The molecule has 1 atom stereocenters. The number of aryl methyl sites for hydroxylation is 1. The Hall–Kier alpha value is -2.73. The van der Waals surface area contributed by atoms with Crippen molar-refractivity contribution in [3.8, 4) is 16.3 Å². The van der Waals surface area contributed by atoms with Gasteiger partial charge in [-0.25, -0.2) is 0 Å². The molecule has 3 rings (SSSR count). The van der Waals surface area contributed by atoms with Crippen LogP contribution in [-0.2, 0) is 4.79 Å². The van der Waals surface area contributed by atoms with Crippen molar-refractivity contribution in [1.29, 1.82) is 0 Å². The van der Waals surface area contributed by atoms with Crippen molar-refractivity contribution in [2.75, 3.05) is 5.32 Å². The van der Waals surface area contributed by atoms with Crippen molar-refractivity contribution < 1.29 is 9.53 Å². The zero-order valence-corrected chi connectivity index (χ0v) is 14.9. The largest absolute Gasteiger partial charge is 0.481 e. The van der Waals surface area contributed by atoms with E-state index in [-0.39, 0.29) is 5.91 Å². The van der Waals surface area contributed by atoms with E-state index in [1.165, 1.54) is 16.9 Å². The fourth-order valence-electron chi connectivity index (χ4n) is 2.26. The van der Waals surface area contributed by atoms with Crippen molar-refractivity contribution in [2.24, 2.45) is 0 Å². The molecule has 0 unspecified atom stereocenters. The van der Waals surface area contributed by atoms with E-state index >= 15 is 0 Å². The zero-order valence-electron chi connectivity index (χ0n) is 14.1. The van der Waals surface area contributed by atoms with Crippen LogP contribution in [0.3, 0.4) is 0 Å². The Labute approximate surface area is 150 Å². The molecule has 0 radical (unpaired) electrons. The molecule has 0 fully saturated rings. The van der Waals surface area contributed by atoms with Gasteiger partial charge in [0.2, 0.25) is 5.13 Å². The summed E-state index contributed by atoms with van der Waals surface area (Å²) in [7, 11) is 0. The molecule has 0 saturated carbocycles. The van der Waals surface area contributed by atoms with E-state index in [0.29, 0.717) is 17.3 Å². The molecule has 1 N–H and O–H groups in total. The van der Waals surface area contributed by atoms with Crippen LogP contribution in [0.4, 0.5) is 5.13 Å². The average molecular weight is 353 g/mol. The van der Waals surface area contributed by atoms with Crippen LogP contribution in [0.5, 0.6) is 5.75 Å². The summed E-state index contributed by atoms with van der Waals surface area (Å²) in [6.07, 6.45) is -0.0150. The van der Waals surface area contributed by atoms with Crippen LogP contribution >= 0.6 is 11.3 Å². The van der Waals surface area contributed by atoms with E-state index < -0.39 is 6.10 Å². The summed E-state index contributed by atoms with van der Waals surface area (Å²) >= 11 is 1.34. The quantitative estimate of drug-likeness (QED) is 0.717. The third-order valence-corrected chi connectivity index (χ3v) is 4.53. The lowest BCUT2D eigenvalue weighted by atomic mass is 10.2. The maximum Gasteiger partial charge on any atom is 0.267 e. The fraction of sp³-hybridized carbons (Fsp3) is 0.211. The minimum atomic E-state index is -0.575. The highest BCUT2D eigenvalue weighted by atomic mass is 32.1. The Morgan fingerprint density at radius 2 is 1.84 bits per heavy atom. The molecule has 1 aromatic heterocycles. The van der Waals surface area contributed by atoms with E-state index in [0.717, 1.165) is 10.6 Å². The predicted molar refractivity (Wildman–Crippen MR) is 99.9 cm³/mol. The first-order chi connectivity index (χ1) is 12.2. The predicted octanol–water partition coefficient (Wildman–Crippen LogP) is 4.31. The Balaban J connectivity index is 1.67. The Morgan fingerprint density at radius 1 is 1.12 bits per heavy atom. The summed E-state index contributed by atoms with van der Waals surface area (Å²) in [6.45, 7) is 3.94. The summed E-state index contributed by atoms with van der Waals surface area (Å²) in [5, 5.41) is 12.2. The number of carbonyl (C=O) groups excluding carboxylic acids is 1. The third kappa shape index (κ3) is 4.42. The van der Waals surface area contributed by atoms with Gasteiger partial charge in [0.25, 0.3) is 5.91 Å². The van der Waals surface area contributed by atoms with Crippen molar-refractivity contribution in [3.63, 3.8) is 0 Å². The SMILES string of the molecule is CC[C@@H](Oc1ccccc1)C(=O)Nc1nnc(-c2ccc(C)cc2)s1. The topological polar surface area (TPSA) is 64.1 Å². The number of rotatable bonds is 6. The summed E-state index contributed by atoms with van der Waals surface area (Å²) < 4.78 is 5.75. The normalized spacial score (nSPS) is 11.8. The number of benzene rings is 2. The van der Waals surface area contributed by atoms with Gasteiger partial charge < -0.3 is 4.74 Å². The molecule has 6 heteroatoms. The number of carbonyl (C=O) groups is 1. The number of hydrogen-bond donors (Lipinski definition) is 1. The van der Waals surface area contributed by atoms with Crippen LogP contribution in [0, 0.1) is 6.92 Å². The molecule has 3 aromatic rings. The maximum absolute atomic E-state index is 12.4. The van der Waals surface area contributed by atoms with Crippen LogP contribution in [0.15, 0.2) is 54.6 Å². The number of anilines is 1. The van der Waals surface area contributed by atoms with E-state index in [1.807, 2.05) is 68.4 Å². The van der Waals surface area contributed by atoms with Crippen molar-refractivity contribution in [2.45, 2.75) is 26.4 Å². The summed E-state index contributed by atoms with van der Waals surface area (Å²) in [4.78, 5) is 12.4. The minimum absolute atomic E-state index is 0.224.